The molecular formula is C19H14Br2F8O2. The van der Waals surface area contributed by atoms with Crippen molar-refractivity contribution >= 4 is 37.9 Å². The van der Waals surface area contributed by atoms with Crippen LogP contribution in [0.4, 0.5) is 35.1 Å². The molecule has 0 amide bonds. The van der Waals surface area contributed by atoms with Crippen LogP contribution in [0.25, 0.3) is 6.08 Å². The van der Waals surface area contributed by atoms with Gasteiger partial charge >= 0.3 is 21.9 Å². The molecule has 0 aromatic heterocycles. The van der Waals surface area contributed by atoms with Gasteiger partial charge in [-0.3, -0.25) is 9.47 Å². The van der Waals surface area contributed by atoms with E-state index in [1.807, 2.05) is 0 Å². The summed E-state index contributed by atoms with van der Waals surface area (Å²) >= 11 is 2.77. The molecule has 172 valence electrons. The molecule has 1 aromatic rings. The fraction of sp³-hybridized carbons (Fsp3) is 0.368. The van der Waals surface area contributed by atoms with Crippen molar-refractivity contribution in [2.24, 2.45) is 0 Å². The first-order valence-electron chi connectivity index (χ1n) is 8.41. The zero-order valence-corrected chi connectivity index (χ0v) is 18.7. The van der Waals surface area contributed by atoms with Gasteiger partial charge in [0.2, 0.25) is 5.79 Å². The lowest BCUT2D eigenvalue weighted by molar-refractivity contribution is -0.447. The summed E-state index contributed by atoms with van der Waals surface area (Å²) in [7, 11) is 0. The number of benzene rings is 1. The van der Waals surface area contributed by atoms with E-state index in [0.717, 1.165) is 17.7 Å². The molecule has 2 rings (SSSR count). The van der Waals surface area contributed by atoms with E-state index in [4.69, 9.17) is 0 Å². The van der Waals surface area contributed by atoms with E-state index in [9.17, 15) is 35.1 Å². The number of ether oxygens (including phenoxy) is 2. The molecular weight excluding hydrogens is 572 g/mol. The standard InChI is InChI=1S/C19H14Br2F8O2/c1-12(11-13-5-3-2-4-6-13)14-7-9-15(10-8-14,30-18(26,27)16(20,22)23)31-19(28,29)17(21,24)25/h2-9,11H,10H2,1H3. The Bertz CT molecular complexity index is 843. The summed E-state index contributed by atoms with van der Waals surface area (Å²) in [6, 6.07) is 8.79. The zero-order valence-electron chi connectivity index (χ0n) is 15.5. The SMILES string of the molecule is CC(=Cc1ccccc1)C1=CCC(OC(F)(F)C(F)(F)Br)(OC(F)(F)C(F)(F)Br)C=C1. The van der Waals surface area contributed by atoms with Crippen molar-refractivity contribution in [2.45, 2.75) is 41.0 Å². The van der Waals surface area contributed by atoms with E-state index in [2.05, 4.69) is 9.47 Å². The van der Waals surface area contributed by atoms with E-state index >= 15 is 0 Å². The van der Waals surface area contributed by atoms with E-state index in [-0.39, 0.29) is 0 Å². The number of hydrogen-bond acceptors (Lipinski definition) is 2. The molecule has 0 fully saturated rings. The van der Waals surface area contributed by atoms with Gasteiger partial charge in [-0.2, -0.15) is 35.1 Å². The summed E-state index contributed by atoms with van der Waals surface area (Å²) < 4.78 is 115. The summed E-state index contributed by atoms with van der Waals surface area (Å²) in [4.78, 5) is -9.99. The normalized spacial score (nSPS) is 18.2. The molecule has 0 radical (unpaired) electrons. The van der Waals surface area contributed by atoms with E-state index < -0.39 is 34.1 Å². The number of rotatable bonds is 8. The average Bonchev–Trinajstić information content (AvgIpc) is 2.60. The van der Waals surface area contributed by atoms with Crippen LogP contribution in [-0.2, 0) is 9.47 Å². The van der Waals surface area contributed by atoms with E-state index in [0.29, 0.717) is 17.2 Å². The maximum Gasteiger partial charge on any atom is 0.432 e. The number of hydrogen-bond donors (Lipinski definition) is 0. The number of halogens is 10. The highest BCUT2D eigenvalue weighted by Gasteiger charge is 2.65. The topological polar surface area (TPSA) is 18.5 Å². The molecule has 0 N–H and O–H groups in total. The highest BCUT2D eigenvalue weighted by atomic mass is 79.9. The van der Waals surface area contributed by atoms with Gasteiger partial charge < -0.3 is 0 Å². The Labute approximate surface area is 188 Å². The maximum absolute atomic E-state index is 13.8. The van der Waals surface area contributed by atoms with Gasteiger partial charge in [0.15, 0.2) is 0 Å². The lowest BCUT2D eigenvalue weighted by atomic mass is 9.95. The number of alkyl halides is 10. The van der Waals surface area contributed by atoms with Crippen LogP contribution in [0.1, 0.15) is 18.9 Å². The minimum atomic E-state index is -5.38. The quantitative estimate of drug-likeness (QED) is 0.176. The fourth-order valence-corrected chi connectivity index (χ4v) is 2.66. The fourth-order valence-electron chi connectivity index (χ4n) is 2.50. The molecule has 0 atom stereocenters. The Morgan fingerprint density at radius 3 is 1.77 bits per heavy atom. The van der Waals surface area contributed by atoms with Crippen molar-refractivity contribution in [3.05, 3.63) is 65.3 Å². The third-order valence-electron chi connectivity index (χ3n) is 4.02. The predicted octanol–water partition coefficient (Wildman–Crippen LogP) is 7.87. The minimum Gasteiger partial charge on any atom is -0.278 e. The maximum atomic E-state index is 13.8. The van der Waals surface area contributed by atoms with Crippen LogP contribution >= 0.6 is 31.9 Å². The van der Waals surface area contributed by atoms with Crippen LogP contribution < -0.4 is 0 Å². The van der Waals surface area contributed by atoms with E-state index in [1.165, 1.54) is 31.9 Å². The Morgan fingerprint density at radius 2 is 1.39 bits per heavy atom. The molecule has 0 heterocycles. The second-order valence-electron chi connectivity index (χ2n) is 6.48. The van der Waals surface area contributed by atoms with Gasteiger partial charge in [-0.05, 0) is 29.7 Å². The molecule has 0 spiro atoms. The predicted molar refractivity (Wildman–Crippen MR) is 104 cm³/mol. The highest BCUT2D eigenvalue weighted by molar-refractivity contribution is 9.10. The molecule has 1 aliphatic rings. The molecule has 1 aliphatic carbocycles. The van der Waals surface area contributed by atoms with Crippen molar-refractivity contribution < 1.29 is 44.6 Å². The van der Waals surface area contributed by atoms with Crippen LogP contribution in [0.2, 0.25) is 0 Å². The van der Waals surface area contributed by atoms with Crippen LogP contribution in [0, 0.1) is 0 Å². The minimum absolute atomic E-state index is 0.328. The first kappa shape index (κ1) is 26.0. The first-order chi connectivity index (χ1) is 14.0. The van der Waals surface area contributed by atoms with Gasteiger partial charge in [0.1, 0.15) is 0 Å². The van der Waals surface area contributed by atoms with Crippen molar-refractivity contribution in [2.75, 3.05) is 0 Å². The Hall–Kier alpha value is -1.24. The van der Waals surface area contributed by atoms with Gasteiger partial charge in [-0.1, -0.05) is 48.6 Å². The van der Waals surface area contributed by atoms with Crippen molar-refractivity contribution in [3.8, 4) is 0 Å². The van der Waals surface area contributed by atoms with Crippen LogP contribution in [0.15, 0.2) is 59.7 Å². The smallest absolute Gasteiger partial charge is 0.278 e. The van der Waals surface area contributed by atoms with Crippen molar-refractivity contribution in [3.63, 3.8) is 0 Å². The molecule has 31 heavy (non-hydrogen) atoms. The molecule has 12 heteroatoms. The summed E-state index contributed by atoms with van der Waals surface area (Å²) in [5, 5.41) is 0. The number of allylic oxidation sites excluding steroid dienone is 3. The van der Waals surface area contributed by atoms with E-state index in [1.54, 1.807) is 43.3 Å². The molecule has 2 nitrogen and oxygen atoms in total. The molecule has 0 saturated heterocycles. The van der Waals surface area contributed by atoms with Crippen molar-refractivity contribution in [1.82, 2.24) is 0 Å². The Morgan fingerprint density at radius 1 is 0.903 bits per heavy atom. The first-order valence-corrected chi connectivity index (χ1v) is 9.99. The largest absolute Gasteiger partial charge is 0.432 e. The Balaban J connectivity index is 2.38. The zero-order chi connectivity index (χ0) is 23.7. The molecule has 0 bridgehead atoms. The summed E-state index contributed by atoms with van der Waals surface area (Å²) in [6.45, 7) is 1.61. The average molecular weight is 586 g/mol. The lowest BCUT2D eigenvalue weighted by Crippen LogP contribution is -2.53. The highest BCUT2D eigenvalue weighted by Crippen LogP contribution is 2.49. The summed E-state index contributed by atoms with van der Waals surface area (Å²) in [5.74, 6) is -3.32. The molecule has 0 aliphatic heterocycles. The monoisotopic (exact) mass is 584 g/mol. The second kappa shape index (κ2) is 8.95. The third-order valence-corrected chi connectivity index (χ3v) is 4.95. The van der Waals surface area contributed by atoms with Gasteiger partial charge in [0.05, 0.1) is 0 Å². The summed E-state index contributed by atoms with van der Waals surface area (Å²) in [5.41, 5.74) is 1.63. The third kappa shape index (κ3) is 6.39. The van der Waals surface area contributed by atoms with Crippen LogP contribution in [-0.4, -0.2) is 27.7 Å². The van der Waals surface area contributed by atoms with Gasteiger partial charge in [0.25, 0.3) is 0 Å². The van der Waals surface area contributed by atoms with Gasteiger partial charge in [-0.25, -0.2) is 0 Å². The molecule has 0 saturated carbocycles. The molecule has 0 unspecified atom stereocenters. The summed E-state index contributed by atoms with van der Waals surface area (Å²) in [6.07, 6.45) is -7.57. The van der Waals surface area contributed by atoms with Gasteiger partial charge in [0, 0.05) is 38.3 Å². The van der Waals surface area contributed by atoms with Crippen molar-refractivity contribution in [1.29, 1.82) is 0 Å². The molecule has 1 aromatic carbocycles. The Kier molecular flexibility index (Phi) is 7.51. The lowest BCUT2D eigenvalue weighted by Gasteiger charge is -2.39. The second-order valence-corrected chi connectivity index (χ2v) is 8.47. The van der Waals surface area contributed by atoms with Crippen LogP contribution in [0.5, 0.6) is 0 Å². The van der Waals surface area contributed by atoms with Gasteiger partial charge in [-0.15, -0.1) is 0 Å². The van der Waals surface area contributed by atoms with Crippen LogP contribution in [0.3, 0.4) is 0 Å².